The van der Waals surface area contributed by atoms with Crippen LogP contribution in [-0.4, -0.2) is 35.4 Å². The van der Waals surface area contributed by atoms with Gasteiger partial charge in [0.05, 0.1) is 5.02 Å². The van der Waals surface area contributed by atoms with Crippen LogP contribution in [0, 0.1) is 0 Å². The van der Waals surface area contributed by atoms with Gasteiger partial charge in [-0.15, -0.1) is 0 Å². The summed E-state index contributed by atoms with van der Waals surface area (Å²) in [7, 11) is 0. The Bertz CT molecular complexity index is 830. The SMILES string of the molecule is CC[C@@H](C)NC(=O)[C@H](C)N(Cc1ccccc1)C(=O)COc1ccc(Cl)cc1Cl. The van der Waals surface area contributed by atoms with Crippen molar-refractivity contribution in [1.29, 1.82) is 0 Å². The van der Waals surface area contributed by atoms with E-state index in [9.17, 15) is 9.59 Å². The van der Waals surface area contributed by atoms with E-state index in [1.165, 1.54) is 4.90 Å². The minimum atomic E-state index is -0.652. The molecule has 0 saturated heterocycles. The number of halogens is 2. The van der Waals surface area contributed by atoms with E-state index in [1.54, 1.807) is 25.1 Å². The molecule has 2 aromatic rings. The van der Waals surface area contributed by atoms with E-state index in [0.29, 0.717) is 22.3 Å². The zero-order valence-electron chi connectivity index (χ0n) is 16.8. The van der Waals surface area contributed by atoms with Gasteiger partial charge < -0.3 is 15.0 Å². The second kappa shape index (κ2) is 11.1. The monoisotopic (exact) mass is 436 g/mol. The number of nitrogens with one attached hydrogen (secondary N) is 1. The van der Waals surface area contributed by atoms with E-state index in [2.05, 4.69) is 5.32 Å². The lowest BCUT2D eigenvalue weighted by Gasteiger charge is -2.29. The van der Waals surface area contributed by atoms with E-state index in [0.717, 1.165) is 12.0 Å². The summed E-state index contributed by atoms with van der Waals surface area (Å²) in [6.45, 7) is 5.70. The molecule has 7 heteroatoms. The maximum atomic E-state index is 13.0. The van der Waals surface area contributed by atoms with Gasteiger partial charge in [-0.2, -0.15) is 0 Å². The third-order valence-corrected chi connectivity index (χ3v) is 5.14. The van der Waals surface area contributed by atoms with E-state index in [1.807, 2.05) is 44.2 Å². The number of nitrogens with zero attached hydrogens (tertiary/aromatic N) is 1. The normalized spacial score (nSPS) is 12.7. The number of ether oxygens (including phenoxy) is 1. The average molecular weight is 437 g/mol. The van der Waals surface area contributed by atoms with Crippen molar-refractivity contribution in [2.24, 2.45) is 0 Å². The highest BCUT2D eigenvalue weighted by atomic mass is 35.5. The van der Waals surface area contributed by atoms with Crippen LogP contribution in [0.4, 0.5) is 0 Å². The first-order valence-electron chi connectivity index (χ1n) is 9.53. The molecule has 0 bridgehead atoms. The van der Waals surface area contributed by atoms with Gasteiger partial charge in [0.1, 0.15) is 11.8 Å². The maximum absolute atomic E-state index is 13.0. The van der Waals surface area contributed by atoms with Crippen molar-refractivity contribution in [3.63, 3.8) is 0 Å². The Morgan fingerprint density at radius 2 is 1.79 bits per heavy atom. The fourth-order valence-electron chi connectivity index (χ4n) is 2.64. The average Bonchev–Trinajstić information content (AvgIpc) is 2.71. The first-order chi connectivity index (χ1) is 13.8. The molecular weight excluding hydrogens is 411 g/mol. The van der Waals surface area contributed by atoms with Crippen LogP contribution in [0.2, 0.25) is 10.0 Å². The number of benzene rings is 2. The van der Waals surface area contributed by atoms with Crippen molar-refractivity contribution in [3.05, 3.63) is 64.1 Å². The van der Waals surface area contributed by atoms with Gasteiger partial charge in [0, 0.05) is 17.6 Å². The first-order valence-corrected chi connectivity index (χ1v) is 10.3. The van der Waals surface area contributed by atoms with E-state index in [-0.39, 0.29) is 24.5 Å². The molecule has 0 fully saturated rings. The van der Waals surface area contributed by atoms with Crippen LogP contribution in [-0.2, 0) is 16.1 Å². The predicted molar refractivity (Wildman–Crippen MR) is 116 cm³/mol. The standard InChI is InChI=1S/C22H26Cl2N2O3/c1-4-15(2)25-22(28)16(3)26(13-17-8-6-5-7-9-17)21(27)14-29-20-11-10-18(23)12-19(20)24/h5-12,15-16H,4,13-14H2,1-3H3,(H,25,28)/t15-,16+/m1/s1. The van der Waals surface area contributed by atoms with Gasteiger partial charge in [-0.25, -0.2) is 0 Å². The lowest BCUT2D eigenvalue weighted by molar-refractivity contribution is -0.142. The van der Waals surface area contributed by atoms with Gasteiger partial charge in [-0.1, -0.05) is 60.5 Å². The topological polar surface area (TPSA) is 58.6 Å². The van der Waals surface area contributed by atoms with Crippen molar-refractivity contribution in [1.82, 2.24) is 10.2 Å². The van der Waals surface area contributed by atoms with Crippen LogP contribution >= 0.6 is 23.2 Å². The minimum Gasteiger partial charge on any atom is -0.482 e. The molecule has 0 radical (unpaired) electrons. The molecule has 0 spiro atoms. The third kappa shape index (κ3) is 6.94. The molecule has 0 aliphatic carbocycles. The molecule has 2 aromatic carbocycles. The van der Waals surface area contributed by atoms with Crippen LogP contribution < -0.4 is 10.1 Å². The number of rotatable bonds is 9. The quantitative estimate of drug-likeness (QED) is 0.619. The molecule has 0 heterocycles. The van der Waals surface area contributed by atoms with Crippen molar-refractivity contribution >= 4 is 35.0 Å². The molecule has 0 aromatic heterocycles. The van der Waals surface area contributed by atoms with Crippen molar-refractivity contribution in [2.75, 3.05) is 6.61 Å². The highest BCUT2D eigenvalue weighted by Crippen LogP contribution is 2.27. The summed E-state index contributed by atoms with van der Waals surface area (Å²) >= 11 is 12.0. The fourth-order valence-corrected chi connectivity index (χ4v) is 3.11. The van der Waals surface area contributed by atoms with E-state index >= 15 is 0 Å². The molecule has 0 aliphatic rings. The van der Waals surface area contributed by atoms with Gasteiger partial charge in [-0.05, 0) is 44.0 Å². The summed E-state index contributed by atoms with van der Waals surface area (Å²) < 4.78 is 5.59. The second-order valence-corrected chi connectivity index (χ2v) is 7.71. The molecule has 2 amide bonds. The summed E-state index contributed by atoms with van der Waals surface area (Å²) in [5.41, 5.74) is 0.925. The number of hydrogen-bond acceptors (Lipinski definition) is 3. The zero-order valence-corrected chi connectivity index (χ0v) is 18.3. The summed E-state index contributed by atoms with van der Waals surface area (Å²) in [6.07, 6.45) is 0.809. The lowest BCUT2D eigenvalue weighted by Crippen LogP contribution is -2.50. The maximum Gasteiger partial charge on any atom is 0.261 e. The van der Waals surface area contributed by atoms with Gasteiger partial charge in [0.25, 0.3) is 5.91 Å². The van der Waals surface area contributed by atoms with E-state index < -0.39 is 6.04 Å². The Labute approximate surface area is 181 Å². The summed E-state index contributed by atoms with van der Waals surface area (Å²) in [4.78, 5) is 27.1. The summed E-state index contributed by atoms with van der Waals surface area (Å²) in [5, 5.41) is 3.73. The van der Waals surface area contributed by atoms with Crippen LogP contribution in [0.5, 0.6) is 5.75 Å². The molecule has 2 rings (SSSR count). The molecular formula is C22H26Cl2N2O3. The smallest absolute Gasteiger partial charge is 0.261 e. The minimum absolute atomic E-state index is 0.0303. The molecule has 5 nitrogen and oxygen atoms in total. The number of carbonyl (C=O) groups excluding carboxylic acids is 2. The molecule has 0 unspecified atom stereocenters. The molecule has 1 N–H and O–H groups in total. The Morgan fingerprint density at radius 1 is 1.10 bits per heavy atom. The van der Waals surface area contributed by atoms with Crippen LogP contribution in [0.3, 0.4) is 0 Å². The molecule has 0 saturated carbocycles. The highest BCUT2D eigenvalue weighted by molar-refractivity contribution is 6.35. The molecule has 156 valence electrons. The largest absolute Gasteiger partial charge is 0.482 e. The third-order valence-electron chi connectivity index (χ3n) is 4.61. The summed E-state index contributed by atoms with van der Waals surface area (Å²) in [5.74, 6) is -0.152. The lowest BCUT2D eigenvalue weighted by atomic mass is 10.1. The molecule has 0 aliphatic heterocycles. The van der Waals surface area contributed by atoms with Gasteiger partial charge >= 0.3 is 0 Å². The number of carbonyl (C=O) groups is 2. The van der Waals surface area contributed by atoms with Gasteiger partial charge in [-0.3, -0.25) is 9.59 Å². The van der Waals surface area contributed by atoms with Gasteiger partial charge in [0.2, 0.25) is 5.91 Å². The van der Waals surface area contributed by atoms with Crippen molar-refractivity contribution < 1.29 is 14.3 Å². The zero-order chi connectivity index (χ0) is 21.4. The Hall–Kier alpha value is -2.24. The van der Waals surface area contributed by atoms with Crippen molar-refractivity contribution in [3.8, 4) is 5.75 Å². The van der Waals surface area contributed by atoms with Crippen LogP contribution in [0.25, 0.3) is 0 Å². The Kier molecular flexibility index (Phi) is 8.80. The van der Waals surface area contributed by atoms with Gasteiger partial charge in [0.15, 0.2) is 6.61 Å². The second-order valence-electron chi connectivity index (χ2n) is 6.86. The Morgan fingerprint density at radius 3 is 2.41 bits per heavy atom. The first kappa shape index (κ1) is 23.0. The predicted octanol–water partition coefficient (Wildman–Crippen LogP) is 4.70. The van der Waals surface area contributed by atoms with Crippen LogP contribution in [0.15, 0.2) is 48.5 Å². The fraction of sp³-hybridized carbons (Fsp3) is 0.364. The number of hydrogen-bond donors (Lipinski definition) is 1. The Balaban J connectivity index is 2.14. The summed E-state index contributed by atoms with van der Waals surface area (Å²) in [6, 6.07) is 13.7. The van der Waals surface area contributed by atoms with Crippen LogP contribution in [0.1, 0.15) is 32.8 Å². The van der Waals surface area contributed by atoms with E-state index in [4.69, 9.17) is 27.9 Å². The van der Waals surface area contributed by atoms with Crippen molar-refractivity contribution in [2.45, 2.75) is 45.8 Å². The number of amides is 2. The molecule has 29 heavy (non-hydrogen) atoms. The molecule has 2 atom stereocenters. The highest BCUT2D eigenvalue weighted by Gasteiger charge is 2.27.